The predicted octanol–water partition coefficient (Wildman–Crippen LogP) is 3.08. The third-order valence-corrected chi connectivity index (χ3v) is 5.99. The molecule has 0 amide bonds. The number of rotatable bonds is 6. The van der Waals surface area contributed by atoms with E-state index in [4.69, 9.17) is 0 Å². The lowest BCUT2D eigenvalue weighted by atomic mass is 10.0. The fourth-order valence-electron chi connectivity index (χ4n) is 1.98. The number of sulfonamides is 1. The number of nitrogens with one attached hydrogen (secondary N) is 1. The molecule has 114 valence electrons. The van der Waals surface area contributed by atoms with Crippen molar-refractivity contribution < 1.29 is 8.42 Å². The van der Waals surface area contributed by atoms with Crippen LogP contribution in [0.3, 0.4) is 0 Å². The molecule has 0 aliphatic rings. The summed E-state index contributed by atoms with van der Waals surface area (Å²) in [6, 6.07) is 5.17. The minimum absolute atomic E-state index is 0.152. The van der Waals surface area contributed by atoms with Gasteiger partial charge in [-0.15, -0.1) is 0 Å². The molecular weight excluding hydrogens is 408 g/mol. The van der Waals surface area contributed by atoms with Gasteiger partial charge in [-0.25, -0.2) is 13.1 Å². The lowest BCUT2D eigenvalue weighted by molar-refractivity contribution is 0.233. The van der Waals surface area contributed by atoms with Crippen molar-refractivity contribution >= 4 is 41.9 Å². The fourth-order valence-corrected chi connectivity index (χ4v) is 4.78. The second-order valence-corrected chi connectivity index (χ2v) is 8.71. The van der Waals surface area contributed by atoms with Gasteiger partial charge in [0.25, 0.3) is 0 Å². The van der Waals surface area contributed by atoms with Gasteiger partial charge in [-0.1, -0.05) is 29.8 Å². The highest BCUT2D eigenvalue weighted by Gasteiger charge is 2.22. The molecule has 7 heteroatoms. The molecule has 0 spiro atoms. The molecule has 1 aromatic carbocycles. The van der Waals surface area contributed by atoms with Crippen LogP contribution in [0.25, 0.3) is 0 Å². The maximum atomic E-state index is 12.3. The molecule has 0 radical (unpaired) electrons. The maximum Gasteiger partial charge on any atom is 0.241 e. The average molecular weight is 428 g/mol. The van der Waals surface area contributed by atoms with E-state index in [0.717, 1.165) is 4.47 Å². The largest absolute Gasteiger partial charge is 0.305 e. The van der Waals surface area contributed by atoms with E-state index in [9.17, 15) is 8.42 Å². The van der Waals surface area contributed by atoms with Gasteiger partial charge in [0.1, 0.15) is 0 Å². The van der Waals surface area contributed by atoms with Crippen LogP contribution < -0.4 is 4.72 Å². The SMILES string of the molecule is CC(C)C(CNS(=O)(=O)c1ccc(Br)cc1Br)N(C)C. The molecule has 0 aliphatic heterocycles. The van der Waals surface area contributed by atoms with E-state index in [1.54, 1.807) is 18.2 Å². The molecule has 4 nitrogen and oxygen atoms in total. The van der Waals surface area contributed by atoms with Gasteiger partial charge in [-0.3, -0.25) is 0 Å². The second kappa shape index (κ2) is 7.35. The molecule has 20 heavy (non-hydrogen) atoms. The zero-order valence-corrected chi connectivity index (χ0v) is 16.0. The van der Waals surface area contributed by atoms with Gasteiger partial charge in [0.15, 0.2) is 0 Å². The number of hydrogen-bond acceptors (Lipinski definition) is 3. The van der Waals surface area contributed by atoms with Crippen molar-refractivity contribution in [3.05, 3.63) is 27.1 Å². The Morgan fingerprint density at radius 2 is 1.85 bits per heavy atom. The third kappa shape index (κ3) is 4.80. The highest BCUT2D eigenvalue weighted by atomic mass is 79.9. The Morgan fingerprint density at radius 3 is 2.30 bits per heavy atom. The predicted molar refractivity (Wildman–Crippen MR) is 89.3 cm³/mol. The van der Waals surface area contributed by atoms with E-state index in [0.29, 0.717) is 16.9 Å². The van der Waals surface area contributed by atoms with E-state index in [2.05, 4.69) is 50.4 Å². The summed E-state index contributed by atoms with van der Waals surface area (Å²) in [5.74, 6) is 0.362. The summed E-state index contributed by atoms with van der Waals surface area (Å²) in [4.78, 5) is 2.28. The van der Waals surface area contributed by atoms with Crippen molar-refractivity contribution in [1.82, 2.24) is 9.62 Å². The Bertz CT molecular complexity index is 551. The van der Waals surface area contributed by atoms with Gasteiger partial charge in [0.05, 0.1) is 4.90 Å². The Morgan fingerprint density at radius 1 is 1.25 bits per heavy atom. The topological polar surface area (TPSA) is 49.4 Å². The van der Waals surface area contributed by atoms with E-state index in [1.807, 2.05) is 19.0 Å². The highest BCUT2D eigenvalue weighted by Crippen LogP contribution is 2.25. The summed E-state index contributed by atoms with van der Waals surface area (Å²) in [6.07, 6.45) is 0. The van der Waals surface area contributed by atoms with Crippen LogP contribution in [0.15, 0.2) is 32.0 Å². The van der Waals surface area contributed by atoms with Crippen LogP contribution in [0.4, 0.5) is 0 Å². The quantitative estimate of drug-likeness (QED) is 0.758. The first-order valence-electron chi connectivity index (χ1n) is 6.26. The van der Waals surface area contributed by atoms with Crippen LogP contribution >= 0.6 is 31.9 Å². The monoisotopic (exact) mass is 426 g/mol. The molecule has 0 aliphatic carbocycles. The number of nitrogens with zero attached hydrogens (tertiary/aromatic N) is 1. The molecule has 1 atom stereocenters. The van der Waals surface area contributed by atoms with Crippen LogP contribution in [0, 0.1) is 5.92 Å². The number of benzene rings is 1. The Balaban J connectivity index is 2.90. The van der Waals surface area contributed by atoms with Crippen LogP contribution in [-0.2, 0) is 10.0 Å². The zero-order chi connectivity index (χ0) is 15.5. The first kappa shape index (κ1) is 18.1. The number of likely N-dealkylation sites (N-methyl/N-ethyl adjacent to an activating group) is 1. The molecular formula is C13H20Br2N2O2S. The van der Waals surface area contributed by atoms with Crippen LogP contribution in [0.2, 0.25) is 0 Å². The number of halogens is 2. The Labute approximate surface area is 138 Å². The standard InChI is InChI=1S/C13H20Br2N2O2S/c1-9(2)12(17(3)4)8-16-20(18,19)13-6-5-10(14)7-11(13)15/h5-7,9,12,16H,8H2,1-4H3. The van der Waals surface area contributed by atoms with Gasteiger partial charge in [-0.05, 0) is 54.1 Å². The van der Waals surface area contributed by atoms with Gasteiger partial charge in [-0.2, -0.15) is 0 Å². The summed E-state index contributed by atoms with van der Waals surface area (Å²) in [7, 11) is 0.392. The number of hydrogen-bond donors (Lipinski definition) is 1. The molecule has 0 heterocycles. The smallest absolute Gasteiger partial charge is 0.241 e. The summed E-state index contributed by atoms with van der Waals surface area (Å²) < 4.78 is 28.7. The molecule has 1 N–H and O–H groups in total. The Kier molecular flexibility index (Phi) is 6.66. The molecule has 0 bridgehead atoms. The second-order valence-electron chi connectivity index (χ2n) is 5.20. The lowest BCUT2D eigenvalue weighted by Crippen LogP contribution is -2.43. The van der Waals surface area contributed by atoms with Crippen LogP contribution in [-0.4, -0.2) is 40.0 Å². The summed E-state index contributed by atoms with van der Waals surface area (Å²) in [5, 5.41) is 0. The van der Waals surface area contributed by atoms with Crippen molar-refractivity contribution in [2.75, 3.05) is 20.6 Å². The van der Waals surface area contributed by atoms with Gasteiger partial charge in [0.2, 0.25) is 10.0 Å². The van der Waals surface area contributed by atoms with Crippen LogP contribution in [0.5, 0.6) is 0 Å². The van der Waals surface area contributed by atoms with Gasteiger partial charge < -0.3 is 4.90 Å². The summed E-state index contributed by atoms with van der Waals surface area (Å²) >= 11 is 6.60. The fraction of sp³-hybridized carbons (Fsp3) is 0.538. The van der Waals surface area contributed by atoms with Crippen molar-refractivity contribution in [1.29, 1.82) is 0 Å². The lowest BCUT2D eigenvalue weighted by Gasteiger charge is -2.28. The molecule has 1 aromatic rings. The minimum atomic E-state index is -3.51. The first-order chi connectivity index (χ1) is 9.15. The first-order valence-corrected chi connectivity index (χ1v) is 9.33. The highest BCUT2D eigenvalue weighted by molar-refractivity contribution is 9.11. The van der Waals surface area contributed by atoms with E-state index in [1.165, 1.54) is 0 Å². The maximum absolute atomic E-state index is 12.3. The Hall–Kier alpha value is 0.0500. The van der Waals surface area contributed by atoms with E-state index >= 15 is 0 Å². The van der Waals surface area contributed by atoms with Crippen molar-refractivity contribution in [2.24, 2.45) is 5.92 Å². The summed E-state index contributed by atoms with van der Waals surface area (Å²) in [5.41, 5.74) is 0. The third-order valence-electron chi connectivity index (χ3n) is 3.10. The molecule has 0 saturated heterocycles. The van der Waals surface area contributed by atoms with Gasteiger partial charge >= 0.3 is 0 Å². The summed E-state index contributed by atoms with van der Waals surface area (Å²) in [6.45, 7) is 4.54. The molecule has 1 unspecified atom stereocenters. The van der Waals surface area contributed by atoms with Crippen molar-refractivity contribution in [3.63, 3.8) is 0 Å². The van der Waals surface area contributed by atoms with Crippen molar-refractivity contribution in [2.45, 2.75) is 24.8 Å². The molecule has 0 fully saturated rings. The molecule has 1 rings (SSSR count). The minimum Gasteiger partial charge on any atom is -0.305 e. The van der Waals surface area contributed by atoms with Crippen molar-refractivity contribution in [3.8, 4) is 0 Å². The molecule has 0 aromatic heterocycles. The van der Waals surface area contributed by atoms with Crippen LogP contribution in [0.1, 0.15) is 13.8 Å². The van der Waals surface area contributed by atoms with E-state index < -0.39 is 10.0 Å². The molecule has 0 saturated carbocycles. The van der Waals surface area contributed by atoms with Gasteiger partial charge in [0, 0.05) is 21.5 Å². The van der Waals surface area contributed by atoms with E-state index in [-0.39, 0.29) is 10.9 Å². The average Bonchev–Trinajstić information content (AvgIpc) is 2.26. The zero-order valence-electron chi connectivity index (χ0n) is 12.0. The normalized spacial score (nSPS) is 14.0.